The van der Waals surface area contributed by atoms with Crippen LogP contribution in [-0.2, 0) is 4.79 Å². The zero-order valence-electron chi connectivity index (χ0n) is 14.8. The second-order valence-corrected chi connectivity index (χ2v) is 6.74. The minimum Gasteiger partial charge on any atom is -0.356 e. The van der Waals surface area contributed by atoms with Crippen molar-refractivity contribution in [1.29, 1.82) is 0 Å². The van der Waals surface area contributed by atoms with Gasteiger partial charge in [-0.15, -0.1) is 15.3 Å². The molecule has 4 rings (SSSR count). The number of carbonyl (C=O) groups excluding carboxylic acids is 1. The van der Waals surface area contributed by atoms with E-state index in [1.54, 1.807) is 6.92 Å². The molecule has 0 saturated carbocycles. The molecular weight excluding hydrogens is 328 g/mol. The third kappa shape index (κ3) is 3.37. The van der Waals surface area contributed by atoms with Gasteiger partial charge in [0, 0.05) is 32.1 Å². The highest BCUT2D eigenvalue weighted by atomic mass is 16.1. The molecule has 1 saturated heterocycles. The van der Waals surface area contributed by atoms with Gasteiger partial charge in [-0.05, 0) is 30.9 Å². The van der Waals surface area contributed by atoms with E-state index in [0.717, 1.165) is 55.3 Å². The standard InChI is InChI=1S/C19H22N6O/c1-14(26)20-12-15-6-5-11-24(13-15)18-10-9-17-21-22-19(25(17)23-18)16-7-3-2-4-8-16/h2-4,7-10,15H,5-6,11-13H2,1H3,(H,20,26). The summed E-state index contributed by atoms with van der Waals surface area (Å²) in [6.45, 7) is 4.14. The molecule has 0 aliphatic carbocycles. The van der Waals surface area contributed by atoms with Crippen LogP contribution < -0.4 is 10.2 Å². The van der Waals surface area contributed by atoms with Gasteiger partial charge in [-0.25, -0.2) is 0 Å². The predicted molar refractivity (Wildman–Crippen MR) is 99.8 cm³/mol. The van der Waals surface area contributed by atoms with Crippen LogP contribution in [0, 0.1) is 5.92 Å². The highest BCUT2D eigenvalue weighted by Gasteiger charge is 2.22. The van der Waals surface area contributed by atoms with E-state index < -0.39 is 0 Å². The maximum atomic E-state index is 11.2. The van der Waals surface area contributed by atoms with Crippen LogP contribution in [-0.4, -0.2) is 45.4 Å². The van der Waals surface area contributed by atoms with Crippen molar-refractivity contribution in [3.63, 3.8) is 0 Å². The van der Waals surface area contributed by atoms with Crippen molar-refractivity contribution in [3.8, 4) is 11.4 Å². The summed E-state index contributed by atoms with van der Waals surface area (Å²) in [5, 5.41) is 16.3. The first kappa shape index (κ1) is 16.5. The van der Waals surface area contributed by atoms with Crippen molar-refractivity contribution in [2.75, 3.05) is 24.5 Å². The Balaban J connectivity index is 1.60. The van der Waals surface area contributed by atoms with E-state index in [1.165, 1.54) is 0 Å². The van der Waals surface area contributed by atoms with Crippen molar-refractivity contribution in [2.45, 2.75) is 19.8 Å². The fourth-order valence-corrected chi connectivity index (χ4v) is 3.44. The fourth-order valence-electron chi connectivity index (χ4n) is 3.44. The van der Waals surface area contributed by atoms with Crippen LogP contribution >= 0.6 is 0 Å². The predicted octanol–water partition coefficient (Wildman–Crippen LogP) is 2.14. The van der Waals surface area contributed by atoms with Gasteiger partial charge in [0.2, 0.25) is 5.91 Å². The third-order valence-electron chi connectivity index (χ3n) is 4.76. The molecule has 1 aromatic carbocycles. The lowest BCUT2D eigenvalue weighted by molar-refractivity contribution is -0.119. The molecule has 0 spiro atoms. The first-order chi connectivity index (χ1) is 12.7. The lowest BCUT2D eigenvalue weighted by Crippen LogP contribution is -2.41. The maximum Gasteiger partial charge on any atom is 0.216 e. The van der Waals surface area contributed by atoms with Gasteiger partial charge in [-0.1, -0.05) is 30.3 Å². The summed E-state index contributed by atoms with van der Waals surface area (Å²) < 4.78 is 1.81. The van der Waals surface area contributed by atoms with Gasteiger partial charge in [0.15, 0.2) is 11.5 Å². The molecule has 1 amide bonds. The first-order valence-corrected chi connectivity index (χ1v) is 8.98. The molecular formula is C19H22N6O. The molecule has 1 atom stereocenters. The van der Waals surface area contributed by atoms with E-state index in [-0.39, 0.29) is 5.91 Å². The molecule has 26 heavy (non-hydrogen) atoms. The molecule has 7 heteroatoms. The van der Waals surface area contributed by atoms with Crippen LogP contribution in [0.1, 0.15) is 19.8 Å². The normalized spacial score (nSPS) is 17.4. The average molecular weight is 350 g/mol. The Labute approximate surface area is 152 Å². The number of benzene rings is 1. The molecule has 7 nitrogen and oxygen atoms in total. The SMILES string of the molecule is CC(=O)NCC1CCCN(c2ccc3nnc(-c4ccccc4)n3n2)C1. The molecule has 0 bridgehead atoms. The highest BCUT2D eigenvalue weighted by Crippen LogP contribution is 2.23. The average Bonchev–Trinajstić information content (AvgIpc) is 3.10. The second-order valence-electron chi connectivity index (χ2n) is 6.74. The molecule has 1 N–H and O–H groups in total. The van der Waals surface area contributed by atoms with Gasteiger partial charge in [-0.2, -0.15) is 4.52 Å². The Bertz CT molecular complexity index is 907. The van der Waals surface area contributed by atoms with Gasteiger partial charge in [0.25, 0.3) is 0 Å². The second kappa shape index (κ2) is 7.11. The van der Waals surface area contributed by atoms with Crippen LogP contribution in [0.4, 0.5) is 5.82 Å². The summed E-state index contributed by atoms with van der Waals surface area (Å²) in [6, 6.07) is 13.9. The highest BCUT2D eigenvalue weighted by molar-refractivity contribution is 5.72. The summed E-state index contributed by atoms with van der Waals surface area (Å²) in [5.74, 6) is 2.13. The van der Waals surface area contributed by atoms with Crippen LogP contribution in [0.25, 0.3) is 17.0 Å². The number of amides is 1. The minimum atomic E-state index is 0.0265. The zero-order valence-corrected chi connectivity index (χ0v) is 14.8. The lowest BCUT2D eigenvalue weighted by atomic mass is 9.98. The van der Waals surface area contributed by atoms with E-state index in [4.69, 9.17) is 5.10 Å². The molecule has 1 aliphatic rings. The van der Waals surface area contributed by atoms with E-state index in [0.29, 0.717) is 5.92 Å². The van der Waals surface area contributed by atoms with Crippen LogP contribution in [0.3, 0.4) is 0 Å². The first-order valence-electron chi connectivity index (χ1n) is 8.98. The number of nitrogens with zero attached hydrogens (tertiary/aromatic N) is 5. The fraction of sp³-hybridized carbons (Fsp3) is 0.368. The van der Waals surface area contributed by atoms with Crippen LogP contribution in [0.15, 0.2) is 42.5 Å². The van der Waals surface area contributed by atoms with Gasteiger partial charge in [0.05, 0.1) is 0 Å². The Morgan fingerprint density at radius 1 is 1.19 bits per heavy atom. The van der Waals surface area contributed by atoms with Crippen molar-refractivity contribution in [2.24, 2.45) is 5.92 Å². The Kier molecular flexibility index (Phi) is 4.51. The van der Waals surface area contributed by atoms with Crippen molar-refractivity contribution >= 4 is 17.4 Å². The van der Waals surface area contributed by atoms with E-state index in [1.807, 2.05) is 47.0 Å². The Morgan fingerprint density at radius 2 is 2.04 bits per heavy atom. The number of aromatic nitrogens is 4. The van der Waals surface area contributed by atoms with Crippen molar-refractivity contribution < 1.29 is 4.79 Å². The van der Waals surface area contributed by atoms with Gasteiger partial charge < -0.3 is 10.2 Å². The largest absolute Gasteiger partial charge is 0.356 e. The molecule has 3 aromatic rings. The number of piperidine rings is 1. The number of hydrogen-bond acceptors (Lipinski definition) is 5. The number of nitrogens with one attached hydrogen (secondary N) is 1. The summed E-state index contributed by atoms with van der Waals surface area (Å²) in [4.78, 5) is 13.5. The van der Waals surface area contributed by atoms with E-state index in [2.05, 4.69) is 20.4 Å². The molecule has 2 aromatic heterocycles. The zero-order chi connectivity index (χ0) is 17.9. The van der Waals surface area contributed by atoms with Gasteiger partial charge >= 0.3 is 0 Å². The maximum absolute atomic E-state index is 11.2. The lowest BCUT2D eigenvalue weighted by Gasteiger charge is -2.33. The van der Waals surface area contributed by atoms with Crippen molar-refractivity contribution in [1.82, 2.24) is 25.1 Å². The molecule has 3 heterocycles. The molecule has 134 valence electrons. The smallest absolute Gasteiger partial charge is 0.216 e. The third-order valence-corrected chi connectivity index (χ3v) is 4.76. The topological polar surface area (TPSA) is 75.4 Å². The summed E-state index contributed by atoms with van der Waals surface area (Å²) in [7, 11) is 0. The van der Waals surface area contributed by atoms with E-state index in [9.17, 15) is 4.79 Å². The van der Waals surface area contributed by atoms with Crippen LogP contribution in [0.2, 0.25) is 0 Å². The Morgan fingerprint density at radius 3 is 2.85 bits per heavy atom. The number of hydrogen-bond donors (Lipinski definition) is 1. The monoisotopic (exact) mass is 350 g/mol. The summed E-state index contributed by atoms with van der Waals surface area (Å²) >= 11 is 0. The van der Waals surface area contributed by atoms with Gasteiger partial charge in [0.1, 0.15) is 5.82 Å². The number of anilines is 1. The van der Waals surface area contributed by atoms with E-state index >= 15 is 0 Å². The summed E-state index contributed by atoms with van der Waals surface area (Å²) in [6.07, 6.45) is 2.22. The molecule has 1 aliphatic heterocycles. The van der Waals surface area contributed by atoms with Gasteiger partial charge in [-0.3, -0.25) is 4.79 Å². The molecule has 0 radical (unpaired) electrons. The quantitative estimate of drug-likeness (QED) is 0.780. The minimum absolute atomic E-state index is 0.0265. The number of fused-ring (bicyclic) bond motifs is 1. The summed E-state index contributed by atoms with van der Waals surface area (Å²) in [5.41, 5.74) is 1.73. The number of carbonyl (C=O) groups is 1. The van der Waals surface area contributed by atoms with Crippen molar-refractivity contribution in [3.05, 3.63) is 42.5 Å². The molecule has 1 unspecified atom stereocenters. The number of rotatable bonds is 4. The molecule has 1 fully saturated rings. The Hall–Kier alpha value is -2.96. The van der Waals surface area contributed by atoms with Crippen LogP contribution in [0.5, 0.6) is 0 Å².